The molecule has 0 saturated carbocycles. The Labute approximate surface area is 187 Å². The molecule has 0 unspecified atom stereocenters. The van der Waals surface area contributed by atoms with Crippen LogP contribution in [0.15, 0.2) is 30.6 Å². The van der Waals surface area contributed by atoms with Gasteiger partial charge < -0.3 is 24.1 Å². The van der Waals surface area contributed by atoms with Gasteiger partial charge >= 0.3 is 0 Å². The summed E-state index contributed by atoms with van der Waals surface area (Å²) < 4.78 is 18.1. The second kappa shape index (κ2) is 10.1. The minimum atomic E-state index is -0.403. The number of likely N-dealkylation sites (tertiary alicyclic amines) is 1. The van der Waals surface area contributed by atoms with Gasteiger partial charge in [-0.2, -0.15) is 0 Å². The van der Waals surface area contributed by atoms with Crippen LogP contribution in [0.1, 0.15) is 48.7 Å². The number of methoxy groups -OCH3 is 1. The molecule has 1 saturated heterocycles. The van der Waals surface area contributed by atoms with Gasteiger partial charge in [0.25, 0.3) is 5.91 Å². The lowest BCUT2D eigenvalue weighted by atomic mass is 9.89. The normalized spacial score (nSPS) is 15.1. The highest BCUT2D eigenvalue weighted by atomic mass is 16.7. The second-order valence-electron chi connectivity index (χ2n) is 7.89. The molecule has 32 heavy (non-hydrogen) atoms. The molecule has 1 fully saturated rings. The highest BCUT2D eigenvalue weighted by molar-refractivity contribution is 5.92. The number of ether oxygens (including phenoxy) is 3. The maximum absolute atomic E-state index is 13.0. The van der Waals surface area contributed by atoms with Crippen molar-refractivity contribution in [3.8, 4) is 5.75 Å². The van der Waals surface area contributed by atoms with Gasteiger partial charge in [-0.05, 0) is 56.4 Å². The number of hydrogen-bond acceptors (Lipinski definition) is 6. The minimum absolute atomic E-state index is 0.0836. The number of rotatable bonds is 9. The third kappa shape index (κ3) is 4.78. The summed E-state index contributed by atoms with van der Waals surface area (Å²) in [4.78, 5) is 18.2. The fourth-order valence-electron chi connectivity index (χ4n) is 4.31. The maximum atomic E-state index is 13.0. The molecule has 9 heteroatoms. The van der Waals surface area contributed by atoms with Crippen LogP contribution in [0.5, 0.6) is 5.75 Å². The monoisotopic (exact) mass is 441 g/mol. The van der Waals surface area contributed by atoms with Gasteiger partial charge in [-0.1, -0.05) is 5.21 Å². The minimum Gasteiger partial charge on any atom is -0.497 e. The van der Waals surface area contributed by atoms with Gasteiger partial charge in [-0.15, -0.1) is 5.10 Å². The number of benzene rings is 1. The lowest BCUT2D eigenvalue weighted by molar-refractivity contribution is -0.145. The summed E-state index contributed by atoms with van der Waals surface area (Å²) in [6.07, 6.45) is 5.16. The molecule has 0 aliphatic carbocycles. The van der Waals surface area contributed by atoms with Gasteiger partial charge in [0.2, 0.25) is 0 Å². The van der Waals surface area contributed by atoms with Crippen LogP contribution in [-0.4, -0.2) is 70.5 Å². The molecule has 3 heterocycles. The quantitative estimate of drug-likeness (QED) is 0.513. The highest BCUT2D eigenvalue weighted by Crippen LogP contribution is 2.34. The zero-order valence-corrected chi connectivity index (χ0v) is 18.9. The van der Waals surface area contributed by atoms with Crippen molar-refractivity contribution >= 4 is 16.8 Å². The summed E-state index contributed by atoms with van der Waals surface area (Å²) in [5, 5.41) is 9.36. The molecule has 0 bridgehead atoms. The predicted molar refractivity (Wildman–Crippen MR) is 120 cm³/mol. The SMILES string of the molecule is CCOC(Cn1cc(C(=O)N2CCC(c3c[nH]c4ccc(OC)cc34)CC2)nn1)OCC. The molecule has 1 aromatic carbocycles. The summed E-state index contributed by atoms with van der Waals surface area (Å²) in [6, 6.07) is 6.08. The molecule has 0 radical (unpaired) electrons. The van der Waals surface area contributed by atoms with Crippen molar-refractivity contribution in [1.29, 1.82) is 0 Å². The van der Waals surface area contributed by atoms with Crippen LogP contribution in [0.25, 0.3) is 10.9 Å². The standard InChI is InChI=1S/C23H31N5O4/c1-4-31-22(32-5-2)15-28-14-21(25-26-28)23(29)27-10-8-16(9-11-27)19-13-24-20-7-6-17(30-3)12-18(19)20/h6-7,12-14,16,22,24H,4-5,8-11,15H2,1-3H3. The smallest absolute Gasteiger partial charge is 0.276 e. The number of fused-ring (bicyclic) bond motifs is 1. The predicted octanol–water partition coefficient (Wildman–Crippen LogP) is 3.19. The summed E-state index contributed by atoms with van der Waals surface area (Å²) >= 11 is 0. The first-order valence-electron chi connectivity index (χ1n) is 11.2. The van der Waals surface area contributed by atoms with Gasteiger partial charge in [0, 0.05) is 43.4 Å². The van der Waals surface area contributed by atoms with Gasteiger partial charge in [-0.25, -0.2) is 4.68 Å². The number of aromatic nitrogens is 4. The van der Waals surface area contributed by atoms with E-state index in [2.05, 4.69) is 27.6 Å². The lowest BCUT2D eigenvalue weighted by Gasteiger charge is -2.31. The van der Waals surface area contributed by atoms with Crippen molar-refractivity contribution in [3.05, 3.63) is 41.9 Å². The number of piperidine rings is 1. The number of nitrogens with zero attached hydrogens (tertiary/aromatic N) is 4. The van der Waals surface area contributed by atoms with Crippen LogP contribution in [-0.2, 0) is 16.0 Å². The number of hydrogen-bond donors (Lipinski definition) is 1. The van der Waals surface area contributed by atoms with E-state index < -0.39 is 6.29 Å². The lowest BCUT2D eigenvalue weighted by Crippen LogP contribution is -2.38. The average molecular weight is 442 g/mol. The zero-order chi connectivity index (χ0) is 22.5. The fourth-order valence-corrected chi connectivity index (χ4v) is 4.31. The number of nitrogens with one attached hydrogen (secondary N) is 1. The number of carbonyl (C=O) groups excluding carboxylic acids is 1. The molecule has 1 amide bonds. The molecule has 1 aliphatic heterocycles. The van der Waals surface area contributed by atoms with E-state index in [-0.39, 0.29) is 5.91 Å². The van der Waals surface area contributed by atoms with E-state index in [0.29, 0.717) is 44.5 Å². The van der Waals surface area contributed by atoms with Crippen molar-refractivity contribution in [2.45, 2.75) is 45.4 Å². The van der Waals surface area contributed by atoms with Crippen molar-refractivity contribution in [2.24, 2.45) is 0 Å². The Morgan fingerprint density at radius 1 is 1.22 bits per heavy atom. The molecular weight excluding hydrogens is 410 g/mol. The van der Waals surface area contributed by atoms with Crippen LogP contribution >= 0.6 is 0 Å². The van der Waals surface area contributed by atoms with Crippen LogP contribution < -0.4 is 4.74 Å². The van der Waals surface area contributed by atoms with Crippen molar-refractivity contribution < 1.29 is 19.0 Å². The summed E-state index contributed by atoms with van der Waals surface area (Å²) in [5.41, 5.74) is 2.75. The van der Waals surface area contributed by atoms with Crippen LogP contribution in [0.4, 0.5) is 0 Å². The van der Waals surface area contributed by atoms with E-state index in [4.69, 9.17) is 14.2 Å². The summed E-state index contributed by atoms with van der Waals surface area (Å²) in [5.74, 6) is 1.17. The van der Waals surface area contributed by atoms with Crippen molar-refractivity contribution in [3.63, 3.8) is 0 Å². The summed E-state index contributed by atoms with van der Waals surface area (Å²) in [7, 11) is 1.68. The van der Waals surface area contributed by atoms with Gasteiger partial charge in [0.05, 0.1) is 19.9 Å². The Bertz CT molecular complexity index is 1030. The van der Waals surface area contributed by atoms with Gasteiger partial charge in [-0.3, -0.25) is 4.79 Å². The first-order chi connectivity index (χ1) is 15.6. The Balaban J connectivity index is 1.37. The Hall–Kier alpha value is -2.91. The first-order valence-corrected chi connectivity index (χ1v) is 11.2. The molecule has 4 rings (SSSR count). The van der Waals surface area contributed by atoms with Gasteiger partial charge in [0.15, 0.2) is 12.0 Å². The molecule has 172 valence electrons. The van der Waals surface area contributed by atoms with E-state index in [0.717, 1.165) is 24.1 Å². The largest absolute Gasteiger partial charge is 0.497 e. The first kappa shape index (κ1) is 22.3. The molecule has 3 aromatic rings. The maximum Gasteiger partial charge on any atom is 0.276 e. The average Bonchev–Trinajstić information content (AvgIpc) is 3.46. The van der Waals surface area contributed by atoms with E-state index in [9.17, 15) is 4.79 Å². The van der Waals surface area contributed by atoms with Crippen molar-refractivity contribution in [1.82, 2.24) is 24.9 Å². The Morgan fingerprint density at radius 2 is 1.97 bits per heavy atom. The van der Waals surface area contributed by atoms with Crippen LogP contribution in [0, 0.1) is 0 Å². The Kier molecular flexibility index (Phi) is 7.06. The summed E-state index contributed by atoms with van der Waals surface area (Å²) in [6.45, 7) is 6.69. The number of aromatic amines is 1. The topological polar surface area (TPSA) is 94.5 Å². The molecular formula is C23H31N5O4. The van der Waals surface area contributed by atoms with E-state index in [1.807, 2.05) is 30.9 Å². The van der Waals surface area contributed by atoms with Crippen LogP contribution in [0.3, 0.4) is 0 Å². The van der Waals surface area contributed by atoms with E-state index in [1.54, 1.807) is 18.0 Å². The molecule has 1 aliphatic rings. The molecule has 9 nitrogen and oxygen atoms in total. The molecule has 2 aromatic heterocycles. The number of carbonyl (C=O) groups is 1. The van der Waals surface area contributed by atoms with Gasteiger partial charge in [0.1, 0.15) is 5.75 Å². The molecule has 0 atom stereocenters. The Morgan fingerprint density at radius 3 is 2.66 bits per heavy atom. The van der Waals surface area contributed by atoms with Crippen LogP contribution in [0.2, 0.25) is 0 Å². The van der Waals surface area contributed by atoms with E-state index >= 15 is 0 Å². The number of H-pyrrole nitrogens is 1. The third-order valence-electron chi connectivity index (χ3n) is 5.94. The number of amides is 1. The zero-order valence-electron chi connectivity index (χ0n) is 18.9. The fraction of sp³-hybridized carbons (Fsp3) is 0.522. The van der Waals surface area contributed by atoms with E-state index in [1.165, 1.54) is 10.9 Å². The third-order valence-corrected chi connectivity index (χ3v) is 5.94. The highest BCUT2D eigenvalue weighted by Gasteiger charge is 2.27. The van der Waals surface area contributed by atoms with Crippen molar-refractivity contribution in [2.75, 3.05) is 33.4 Å². The molecule has 0 spiro atoms. The molecule has 1 N–H and O–H groups in total. The second-order valence-corrected chi connectivity index (χ2v) is 7.89.